The van der Waals surface area contributed by atoms with E-state index in [1.807, 2.05) is 43.5 Å². The quantitative estimate of drug-likeness (QED) is 0.789. The fraction of sp³-hybridized carbons (Fsp3) is 0.167. The van der Waals surface area contributed by atoms with Gasteiger partial charge in [-0.25, -0.2) is 4.98 Å². The average molecular weight is 216 g/mol. The van der Waals surface area contributed by atoms with Gasteiger partial charge in [0.15, 0.2) is 0 Å². The number of benzene rings is 1. The number of thiazole rings is 1. The topological polar surface area (TPSA) is 30.0 Å². The van der Waals surface area contributed by atoms with Crippen molar-refractivity contribution in [1.29, 1.82) is 0 Å². The predicted molar refractivity (Wildman–Crippen MR) is 61.7 cm³/mol. The van der Waals surface area contributed by atoms with Gasteiger partial charge in [0.1, 0.15) is 5.01 Å². The summed E-state index contributed by atoms with van der Waals surface area (Å²) in [7, 11) is 0. The molecule has 1 aromatic carbocycles. The Morgan fingerprint density at radius 2 is 2.07 bits per heavy atom. The van der Waals surface area contributed by atoms with Gasteiger partial charge in [0.2, 0.25) is 6.29 Å². The Balaban J connectivity index is 2.38. The number of aryl methyl sites for hydroxylation is 1. The van der Waals surface area contributed by atoms with Gasteiger partial charge in [-0.1, -0.05) is 30.3 Å². The third-order valence-electron chi connectivity index (χ3n) is 2.15. The fourth-order valence-corrected chi connectivity index (χ4v) is 2.30. The summed E-state index contributed by atoms with van der Waals surface area (Å²) in [6.45, 7) is 1.98. The van der Waals surface area contributed by atoms with Crippen LogP contribution in [-0.2, 0) is 11.2 Å². The molecule has 0 saturated carbocycles. The van der Waals surface area contributed by atoms with E-state index in [1.54, 1.807) is 11.3 Å². The lowest BCUT2D eigenvalue weighted by Gasteiger charge is -1.92. The van der Waals surface area contributed by atoms with E-state index >= 15 is 0 Å². The minimum Gasteiger partial charge on any atom is -0.290 e. The van der Waals surface area contributed by atoms with Gasteiger partial charge >= 0.3 is 0 Å². The van der Waals surface area contributed by atoms with Crippen LogP contribution in [0.25, 0.3) is 10.6 Å². The smallest absolute Gasteiger partial charge is 0.204 e. The molecule has 1 radical (unpaired) electrons. The third-order valence-corrected chi connectivity index (χ3v) is 3.22. The fourth-order valence-electron chi connectivity index (χ4n) is 1.36. The highest BCUT2D eigenvalue weighted by Crippen LogP contribution is 2.27. The molecule has 0 aliphatic heterocycles. The Kier molecular flexibility index (Phi) is 2.92. The zero-order chi connectivity index (χ0) is 10.7. The highest BCUT2D eigenvalue weighted by Gasteiger charge is 2.08. The molecular weight excluding hydrogens is 206 g/mol. The third kappa shape index (κ3) is 2.13. The van der Waals surface area contributed by atoms with Gasteiger partial charge in [0, 0.05) is 10.4 Å². The van der Waals surface area contributed by atoms with E-state index in [-0.39, 0.29) is 6.42 Å². The molecule has 0 unspecified atom stereocenters. The maximum Gasteiger partial charge on any atom is 0.204 e. The summed E-state index contributed by atoms with van der Waals surface area (Å²) >= 11 is 1.62. The number of aromatic nitrogens is 1. The van der Waals surface area contributed by atoms with Gasteiger partial charge in [-0.3, -0.25) is 4.79 Å². The van der Waals surface area contributed by atoms with E-state index in [1.165, 1.54) is 0 Å². The number of nitrogens with zero attached hydrogens (tertiary/aromatic N) is 1. The van der Waals surface area contributed by atoms with E-state index in [2.05, 4.69) is 4.98 Å². The molecule has 0 spiro atoms. The minimum atomic E-state index is 0.287. The maximum atomic E-state index is 10.3. The molecule has 2 rings (SSSR count). The van der Waals surface area contributed by atoms with Crippen molar-refractivity contribution < 1.29 is 4.79 Å². The van der Waals surface area contributed by atoms with Crippen LogP contribution in [0.5, 0.6) is 0 Å². The molecule has 15 heavy (non-hydrogen) atoms. The van der Waals surface area contributed by atoms with Crippen LogP contribution in [-0.4, -0.2) is 11.3 Å². The van der Waals surface area contributed by atoms with Crippen molar-refractivity contribution in [2.45, 2.75) is 13.3 Å². The van der Waals surface area contributed by atoms with E-state index in [9.17, 15) is 4.79 Å². The lowest BCUT2D eigenvalue weighted by Crippen LogP contribution is -1.88. The molecule has 2 nitrogen and oxygen atoms in total. The molecule has 0 atom stereocenters. The van der Waals surface area contributed by atoms with Crippen LogP contribution in [0.1, 0.15) is 10.6 Å². The molecule has 1 aromatic heterocycles. The number of hydrogen-bond donors (Lipinski definition) is 0. The SMILES string of the molecule is Cc1sc(-c2ccccc2)nc1C[C]=O. The Labute approximate surface area is 92.6 Å². The molecule has 0 aliphatic carbocycles. The van der Waals surface area contributed by atoms with Crippen LogP contribution in [0.2, 0.25) is 0 Å². The summed E-state index contributed by atoms with van der Waals surface area (Å²) in [5.74, 6) is 0. The molecule has 1 heterocycles. The van der Waals surface area contributed by atoms with E-state index in [4.69, 9.17) is 0 Å². The minimum absolute atomic E-state index is 0.287. The first-order valence-electron chi connectivity index (χ1n) is 4.68. The summed E-state index contributed by atoms with van der Waals surface area (Å²) in [4.78, 5) is 15.8. The van der Waals surface area contributed by atoms with Gasteiger partial charge in [0.25, 0.3) is 0 Å². The highest BCUT2D eigenvalue weighted by atomic mass is 32.1. The molecule has 3 heteroatoms. The first-order valence-corrected chi connectivity index (χ1v) is 5.49. The normalized spacial score (nSPS) is 10.2. The average Bonchev–Trinajstić information content (AvgIpc) is 2.63. The molecule has 75 valence electrons. The van der Waals surface area contributed by atoms with Crippen LogP contribution >= 0.6 is 11.3 Å². The van der Waals surface area contributed by atoms with E-state index in [0.29, 0.717) is 0 Å². The molecular formula is C12H10NOS. The first kappa shape index (κ1) is 10.1. The standard InChI is InChI=1S/C12H10NOS/c1-9-11(7-8-14)13-12(15-9)10-5-3-2-4-6-10/h2-6H,7H2,1H3. The van der Waals surface area contributed by atoms with Gasteiger partial charge < -0.3 is 0 Å². The zero-order valence-electron chi connectivity index (χ0n) is 8.36. The number of hydrogen-bond acceptors (Lipinski definition) is 3. The van der Waals surface area contributed by atoms with Crippen molar-refractivity contribution in [3.63, 3.8) is 0 Å². The number of rotatable bonds is 3. The monoisotopic (exact) mass is 216 g/mol. The van der Waals surface area contributed by atoms with Crippen molar-refractivity contribution in [2.75, 3.05) is 0 Å². The Bertz CT molecular complexity index is 462. The highest BCUT2D eigenvalue weighted by molar-refractivity contribution is 7.15. The van der Waals surface area contributed by atoms with Crippen molar-refractivity contribution in [3.8, 4) is 10.6 Å². The molecule has 0 fully saturated rings. The van der Waals surface area contributed by atoms with Gasteiger partial charge in [-0.15, -0.1) is 11.3 Å². The summed E-state index contributed by atoms with van der Waals surface area (Å²) in [5.41, 5.74) is 1.94. The van der Waals surface area contributed by atoms with E-state index < -0.39 is 0 Å². The Morgan fingerprint density at radius 1 is 1.33 bits per heavy atom. The Hall–Kier alpha value is -1.48. The van der Waals surface area contributed by atoms with Crippen LogP contribution in [0.15, 0.2) is 30.3 Å². The van der Waals surface area contributed by atoms with Gasteiger partial charge in [-0.05, 0) is 6.92 Å². The lowest BCUT2D eigenvalue weighted by atomic mass is 10.2. The van der Waals surface area contributed by atoms with Gasteiger partial charge in [-0.2, -0.15) is 0 Å². The number of carbonyl (C=O) groups excluding carboxylic acids is 1. The first-order chi connectivity index (χ1) is 7.31. The second-order valence-electron chi connectivity index (χ2n) is 3.21. The van der Waals surface area contributed by atoms with Crippen LogP contribution < -0.4 is 0 Å². The molecule has 2 aromatic rings. The summed E-state index contributed by atoms with van der Waals surface area (Å²) < 4.78 is 0. The van der Waals surface area contributed by atoms with Gasteiger partial charge in [0.05, 0.1) is 12.1 Å². The molecule has 0 saturated heterocycles. The van der Waals surface area contributed by atoms with Crippen molar-refractivity contribution in [2.24, 2.45) is 0 Å². The summed E-state index contributed by atoms with van der Waals surface area (Å²) in [5, 5.41) is 0.971. The van der Waals surface area contributed by atoms with E-state index in [0.717, 1.165) is 21.1 Å². The maximum absolute atomic E-state index is 10.3. The van der Waals surface area contributed by atoms with Crippen LogP contribution in [0.3, 0.4) is 0 Å². The second-order valence-corrected chi connectivity index (χ2v) is 4.41. The summed E-state index contributed by atoms with van der Waals surface area (Å²) in [6, 6.07) is 9.98. The van der Waals surface area contributed by atoms with Crippen molar-refractivity contribution in [1.82, 2.24) is 4.98 Å². The molecule has 0 N–H and O–H groups in total. The molecule has 0 bridgehead atoms. The van der Waals surface area contributed by atoms with Crippen LogP contribution in [0, 0.1) is 6.92 Å². The zero-order valence-corrected chi connectivity index (χ0v) is 9.17. The van der Waals surface area contributed by atoms with Crippen molar-refractivity contribution >= 4 is 17.6 Å². The Morgan fingerprint density at radius 3 is 2.73 bits per heavy atom. The van der Waals surface area contributed by atoms with Crippen molar-refractivity contribution in [3.05, 3.63) is 40.9 Å². The lowest BCUT2D eigenvalue weighted by molar-refractivity contribution is 0.554. The molecule has 0 aliphatic rings. The molecule has 0 amide bonds. The predicted octanol–water partition coefficient (Wildman–Crippen LogP) is 2.77. The second kappa shape index (κ2) is 4.36. The largest absolute Gasteiger partial charge is 0.290 e. The summed E-state index contributed by atoms with van der Waals surface area (Å²) in [6.07, 6.45) is 2.17. The van der Waals surface area contributed by atoms with Crippen LogP contribution in [0.4, 0.5) is 0 Å².